The summed E-state index contributed by atoms with van der Waals surface area (Å²) in [7, 11) is 0. The summed E-state index contributed by atoms with van der Waals surface area (Å²) in [6.07, 6.45) is 1.94. The maximum Gasteiger partial charge on any atom is 0.326 e. The Morgan fingerprint density at radius 3 is 2.18 bits per heavy atom. The second-order valence-electron chi connectivity index (χ2n) is 7.01. The molecule has 0 aliphatic rings. The van der Waals surface area contributed by atoms with Crippen molar-refractivity contribution in [1.82, 2.24) is 16.0 Å². The molecule has 0 aliphatic carbocycles. The lowest BCUT2D eigenvalue weighted by Gasteiger charge is -2.21. The number of carboxylic acid groups (broad SMARTS) is 2. The highest BCUT2D eigenvalue weighted by Crippen LogP contribution is 2.04. The van der Waals surface area contributed by atoms with Crippen molar-refractivity contribution in [3.8, 4) is 0 Å². The van der Waals surface area contributed by atoms with Gasteiger partial charge in [-0.3, -0.25) is 24.2 Å². The fraction of sp³-hybridized carbons (Fsp3) is 0.667. The average Bonchev–Trinajstić information content (AvgIpc) is 2.74. The van der Waals surface area contributed by atoms with Crippen LogP contribution >= 0.6 is 11.8 Å². The molecule has 14 nitrogen and oxygen atoms in total. The molecule has 0 aromatic carbocycles. The zero-order chi connectivity index (χ0) is 25.4. The Hall–Kier alpha value is -3.07. The highest BCUT2D eigenvalue weighted by atomic mass is 32.2. The summed E-state index contributed by atoms with van der Waals surface area (Å²) >= 11 is 1.40. The Balaban J connectivity index is 4.82. The molecule has 0 aromatic heterocycles. The molecule has 0 radical (unpaired) electrons. The van der Waals surface area contributed by atoms with Gasteiger partial charge in [-0.05, 0) is 37.7 Å². The van der Waals surface area contributed by atoms with Gasteiger partial charge >= 0.3 is 11.9 Å². The molecule has 188 valence electrons. The molecular weight excluding hydrogens is 458 g/mol. The van der Waals surface area contributed by atoms with Gasteiger partial charge in [0.2, 0.25) is 17.7 Å². The number of carboxylic acids is 2. The average molecular weight is 492 g/mol. The van der Waals surface area contributed by atoms with Crippen LogP contribution in [0.25, 0.3) is 0 Å². The Morgan fingerprint density at radius 2 is 1.64 bits per heavy atom. The zero-order valence-corrected chi connectivity index (χ0v) is 19.2. The Kier molecular flexibility index (Phi) is 15.0. The van der Waals surface area contributed by atoms with E-state index in [4.69, 9.17) is 22.3 Å². The van der Waals surface area contributed by atoms with Gasteiger partial charge in [0, 0.05) is 13.0 Å². The molecule has 11 N–H and O–H groups in total. The second kappa shape index (κ2) is 16.5. The summed E-state index contributed by atoms with van der Waals surface area (Å²) in [5.74, 6) is -4.25. The number of rotatable bonds is 17. The molecule has 0 saturated heterocycles. The summed E-state index contributed by atoms with van der Waals surface area (Å²) < 4.78 is 0. The van der Waals surface area contributed by atoms with E-state index >= 15 is 0 Å². The van der Waals surface area contributed by atoms with Crippen LogP contribution in [-0.2, 0) is 24.0 Å². The summed E-state index contributed by atoms with van der Waals surface area (Å²) in [5.41, 5.74) is 16.1. The molecule has 3 unspecified atom stereocenters. The number of aliphatic carboxylic acids is 2. The van der Waals surface area contributed by atoms with Crippen LogP contribution in [0.2, 0.25) is 0 Å². The van der Waals surface area contributed by atoms with Crippen molar-refractivity contribution in [3.05, 3.63) is 0 Å². The first-order chi connectivity index (χ1) is 15.5. The fourth-order valence-corrected chi connectivity index (χ4v) is 2.97. The molecule has 0 bridgehead atoms. The monoisotopic (exact) mass is 491 g/mol. The Morgan fingerprint density at radius 1 is 0.970 bits per heavy atom. The van der Waals surface area contributed by atoms with Gasteiger partial charge in [0.05, 0.1) is 12.6 Å². The smallest absolute Gasteiger partial charge is 0.326 e. The van der Waals surface area contributed by atoms with E-state index in [2.05, 4.69) is 20.9 Å². The highest BCUT2D eigenvalue weighted by molar-refractivity contribution is 7.98. The minimum absolute atomic E-state index is 0.0786. The van der Waals surface area contributed by atoms with Gasteiger partial charge in [-0.1, -0.05) is 0 Å². The van der Waals surface area contributed by atoms with Crippen molar-refractivity contribution in [1.29, 1.82) is 0 Å². The van der Waals surface area contributed by atoms with Crippen molar-refractivity contribution in [2.75, 3.05) is 25.1 Å². The van der Waals surface area contributed by atoms with E-state index in [-0.39, 0.29) is 25.2 Å². The van der Waals surface area contributed by atoms with Crippen LogP contribution in [-0.4, -0.2) is 89.1 Å². The summed E-state index contributed by atoms with van der Waals surface area (Å²) in [6.45, 7) is -0.218. The van der Waals surface area contributed by atoms with Gasteiger partial charge in [0.25, 0.3) is 0 Å². The predicted molar refractivity (Wildman–Crippen MR) is 122 cm³/mol. The standard InChI is InChI=1S/C18H33N7O7S/c1-33-8-6-12(17(31)32)25-16(30)11(4-5-14(27)28)24-13(26)9-23-15(29)10(19)3-2-7-22-18(20)21/h10-12H,2-9,19H2,1H3,(H,23,29)(H,24,26)(H,25,30)(H,27,28)(H,31,32)(H4,20,21,22). The number of nitrogens with zero attached hydrogens (tertiary/aromatic N) is 1. The van der Waals surface area contributed by atoms with E-state index in [1.807, 2.05) is 0 Å². The molecule has 0 heterocycles. The third kappa shape index (κ3) is 14.6. The largest absolute Gasteiger partial charge is 0.481 e. The lowest BCUT2D eigenvalue weighted by atomic mass is 10.1. The van der Waals surface area contributed by atoms with E-state index in [9.17, 15) is 29.1 Å². The van der Waals surface area contributed by atoms with E-state index in [1.54, 1.807) is 6.26 Å². The van der Waals surface area contributed by atoms with Gasteiger partial charge in [-0.25, -0.2) is 4.79 Å². The van der Waals surface area contributed by atoms with E-state index in [0.29, 0.717) is 18.7 Å². The zero-order valence-electron chi connectivity index (χ0n) is 18.4. The van der Waals surface area contributed by atoms with Crippen molar-refractivity contribution in [2.24, 2.45) is 22.2 Å². The van der Waals surface area contributed by atoms with Crippen molar-refractivity contribution >= 4 is 47.4 Å². The minimum Gasteiger partial charge on any atom is -0.481 e. The van der Waals surface area contributed by atoms with E-state index < -0.39 is 60.8 Å². The normalized spacial score (nSPS) is 13.2. The number of nitrogens with one attached hydrogen (secondary N) is 3. The summed E-state index contributed by atoms with van der Waals surface area (Å²) in [5, 5.41) is 25.1. The third-order valence-corrected chi connectivity index (χ3v) is 4.90. The van der Waals surface area contributed by atoms with E-state index in [0.717, 1.165) is 0 Å². The number of amides is 3. The Labute approximate surface area is 195 Å². The molecular formula is C18H33N7O7S. The second-order valence-corrected chi connectivity index (χ2v) is 7.99. The SMILES string of the molecule is CSCCC(NC(=O)C(CCC(=O)O)NC(=O)CNC(=O)C(N)CCCN=C(N)N)C(=O)O. The summed E-state index contributed by atoms with van der Waals surface area (Å²) in [6, 6.07) is -3.40. The molecule has 0 fully saturated rings. The predicted octanol–water partition coefficient (Wildman–Crippen LogP) is -2.84. The van der Waals surface area contributed by atoms with Crippen LogP contribution in [0.4, 0.5) is 0 Å². The number of guanidine groups is 1. The molecule has 3 atom stereocenters. The van der Waals surface area contributed by atoms with Gasteiger partial charge in [-0.2, -0.15) is 11.8 Å². The molecule has 0 spiro atoms. The molecule has 3 amide bonds. The van der Waals surface area contributed by atoms with Crippen molar-refractivity contribution in [3.63, 3.8) is 0 Å². The number of thioether (sulfide) groups is 1. The van der Waals surface area contributed by atoms with Crippen LogP contribution in [0.3, 0.4) is 0 Å². The van der Waals surface area contributed by atoms with E-state index in [1.165, 1.54) is 11.8 Å². The maximum absolute atomic E-state index is 12.5. The third-order valence-electron chi connectivity index (χ3n) is 4.25. The van der Waals surface area contributed by atoms with Crippen molar-refractivity contribution < 1.29 is 34.2 Å². The highest BCUT2D eigenvalue weighted by Gasteiger charge is 2.27. The maximum atomic E-state index is 12.5. The van der Waals surface area contributed by atoms with Crippen LogP contribution < -0.4 is 33.2 Å². The Bertz CT molecular complexity index is 716. The molecule has 0 saturated carbocycles. The van der Waals surface area contributed by atoms with Gasteiger partial charge in [0.1, 0.15) is 12.1 Å². The number of aliphatic imine (C=N–C) groups is 1. The molecule has 15 heteroatoms. The quantitative estimate of drug-likeness (QED) is 0.0584. The lowest BCUT2D eigenvalue weighted by Crippen LogP contribution is -2.54. The molecule has 33 heavy (non-hydrogen) atoms. The van der Waals surface area contributed by atoms with Gasteiger partial charge < -0.3 is 43.4 Å². The molecule has 0 aromatic rings. The van der Waals surface area contributed by atoms with Crippen LogP contribution in [0.15, 0.2) is 4.99 Å². The first kappa shape index (κ1) is 29.9. The lowest BCUT2D eigenvalue weighted by molar-refractivity contribution is -0.143. The molecule has 0 aliphatic heterocycles. The fourth-order valence-electron chi connectivity index (χ4n) is 2.50. The van der Waals surface area contributed by atoms with Crippen LogP contribution in [0.1, 0.15) is 32.1 Å². The number of carbonyl (C=O) groups excluding carboxylic acids is 3. The van der Waals surface area contributed by atoms with Crippen molar-refractivity contribution in [2.45, 2.75) is 50.2 Å². The van der Waals surface area contributed by atoms with Gasteiger partial charge in [-0.15, -0.1) is 0 Å². The van der Waals surface area contributed by atoms with Crippen LogP contribution in [0, 0.1) is 0 Å². The number of carbonyl (C=O) groups is 5. The first-order valence-electron chi connectivity index (χ1n) is 10.1. The van der Waals surface area contributed by atoms with Crippen LogP contribution in [0.5, 0.6) is 0 Å². The minimum atomic E-state index is -1.30. The topological polar surface area (TPSA) is 252 Å². The number of hydrogen-bond donors (Lipinski definition) is 8. The number of hydrogen-bond acceptors (Lipinski definition) is 8. The molecule has 0 rings (SSSR count). The van der Waals surface area contributed by atoms with Gasteiger partial charge in [0.15, 0.2) is 5.96 Å². The summed E-state index contributed by atoms with van der Waals surface area (Å²) in [4.78, 5) is 62.7. The first-order valence-corrected chi connectivity index (χ1v) is 11.5. The number of nitrogens with two attached hydrogens (primary N) is 3.